The van der Waals surface area contributed by atoms with E-state index < -0.39 is 87.6 Å². The average molecular weight is 742 g/mol. The summed E-state index contributed by atoms with van der Waals surface area (Å²) in [7, 11) is -10.5. The molecule has 3 aliphatic heterocycles. The fourth-order valence-electron chi connectivity index (χ4n) is 6.91. The van der Waals surface area contributed by atoms with E-state index in [1.54, 1.807) is 13.8 Å². The summed E-state index contributed by atoms with van der Waals surface area (Å²) >= 11 is 0. The molecule has 1 aromatic rings. The first kappa shape index (κ1) is 35.8. The van der Waals surface area contributed by atoms with Crippen LogP contribution in [-0.4, -0.2) is 72.3 Å². The van der Waals surface area contributed by atoms with E-state index in [2.05, 4.69) is 5.32 Å². The van der Waals surface area contributed by atoms with Gasteiger partial charge in [0.15, 0.2) is 21.1 Å². The number of anilines is 1. The van der Waals surface area contributed by atoms with Crippen LogP contribution in [0.4, 0.5) is 5.69 Å². The van der Waals surface area contributed by atoms with E-state index in [4.69, 9.17) is 14.7 Å². The van der Waals surface area contributed by atoms with Crippen LogP contribution in [0.3, 0.4) is 0 Å². The highest BCUT2D eigenvalue weighted by Crippen LogP contribution is 2.50. The summed E-state index contributed by atoms with van der Waals surface area (Å²) in [6.07, 6.45) is 5.39. The lowest BCUT2D eigenvalue weighted by Gasteiger charge is -2.38. The molecule has 2 atom stereocenters. The Morgan fingerprint density at radius 2 is 1.76 bits per heavy atom. The molecule has 1 saturated heterocycles. The molecule has 51 heavy (non-hydrogen) atoms. The Kier molecular flexibility index (Phi) is 8.46. The molecule has 1 fully saturated rings. The van der Waals surface area contributed by atoms with Crippen molar-refractivity contribution in [2.45, 2.75) is 61.3 Å². The van der Waals surface area contributed by atoms with Crippen molar-refractivity contribution in [2.24, 2.45) is 5.41 Å². The number of hydroxylamine groups is 2. The van der Waals surface area contributed by atoms with Gasteiger partial charge in [0.05, 0.1) is 28.6 Å². The van der Waals surface area contributed by atoms with Crippen LogP contribution in [0.5, 0.6) is 0 Å². The molecule has 18 heteroatoms. The summed E-state index contributed by atoms with van der Waals surface area (Å²) in [6, 6.07) is 3.75. The third-order valence-electron chi connectivity index (χ3n) is 8.99. The van der Waals surface area contributed by atoms with Crippen molar-refractivity contribution in [2.75, 3.05) is 11.9 Å². The van der Waals surface area contributed by atoms with Crippen LogP contribution in [0.25, 0.3) is 27.9 Å². The predicted molar refractivity (Wildman–Crippen MR) is 177 cm³/mol. The second-order valence-electron chi connectivity index (χ2n) is 13.3. The number of nitrogens with one attached hydrogen (secondary N) is 2. The molecule has 5 N–H and O–H groups in total. The van der Waals surface area contributed by atoms with Gasteiger partial charge in [-0.15, -0.1) is 0 Å². The molecule has 2 amide bonds. The summed E-state index contributed by atoms with van der Waals surface area (Å²) in [5, 5.41) is 21.6. The molecule has 2 unspecified atom stereocenters. The van der Waals surface area contributed by atoms with Gasteiger partial charge in [0.2, 0.25) is 0 Å². The number of imide groups is 1. The number of carboxylic acid groups (broad SMARTS) is 1. The Hall–Kier alpha value is -5.01. The third-order valence-corrected chi connectivity index (χ3v) is 10.8. The van der Waals surface area contributed by atoms with E-state index in [0.29, 0.717) is 23.3 Å². The maximum absolute atomic E-state index is 13.2. The molecule has 0 spiro atoms. The minimum atomic E-state index is -5.25. The van der Waals surface area contributed by atoms with Gasteiger partial charge in [-0.3, -0.25) is 28.9 Å². The van der Waals surface area contributed by atoms with Gasteiger partial charge in [0.1, 0.15) is 6.29 Å². The van der Waals surface area contributed by atoms with E-state index in [-0.39, 0.29) is 46.5 Å². The van der Waals surface area contributed by atoms with Gasteiger partial charge in [-0.2, -0.15) is 21.9 Å². The van der Waals surface area contributed by atoms with Gasteiger partial charge in [0, 0.05) is 34.9 Å². The number of fused-ring (bicyclic) bond motifs is 3. The fourth-order valence-corrected chi connectivity index (χ4v) is 8.45. The number of carboxylic acids is 1. The zero-order chi connectivity index (χ0) is 37.4. The lowest BCUT2D eigenvalue weighted by atomic mass is 9.80. The lowest BCUT2D eigenvalue weighted by Crippen LogP contribution is -2.37. The smallest absolute Gasteiger partial charge is 0.336 e. The number of rotatable bonds is 8. The lowest BCUT2D eigenvalue weighted by molar-refractivity contribution is -0.192. The number of carbonyl (C=O) groups is 4. The summed E-state index contributed by atoms with van der Waals surface area (Å²) in [5.41, 5.74) is -3.98. The number of aliphatic carboxylic acids is 1. The molecule has 268 valence electrons. The molecule has 1 aromatic carbocycles. The number of allylic oxidation sites excluding steroid dienone is 2. The number of carbonyl (C=O) groups excluding carboxylic acids is 3. The Balaban J connectivity index is 1.73. The van der Waals surface area contributed by atoms with Crippen molar-refractivity contribution in [3.8, 4) is 11.3 Å². The van der Waals surface area contributed by atoms with Crippen LogP contribution in [0.15, 0.2) is 62.3 Å². The van der Waals surface area contributed by atoms with E-state index >= 15 is 0 Å². The van der Waals surface area contributed by atoms with Gasteiger partial charge < -0.3 is 19.6 Å². The minimum Gasteiger partial charge on any atom is -0.478 e. The molecular weight excluding hydrogens is 711 g/mol. The Labute approximate surface area is 290 Å². The van der Waals surface area contributed by atoms with Crippen molar-refractivity contribution in [1.29, 1.82) is 5.41 Å². The molecule has 16 nitrogen and oxygen atoms in total. The largest absolute Gasteiger partial charge is 0.478 e. The van der Waals surface area contributed by atoms with Crippen LogP contribution >= 0.6 is 0 Å². The predicted octanol–water partition coefficient (Wildman–Crippen LogP) is 3.44. The van der Waals surface area contributed by atoms with Crippen molar-refractivity contribution < 1.29 is 59.5 Å². The normalized spacial score (nSPS) is 22.0. The van der Waals surface area contributed by atoms with Gasteiger partial charge in [-0.05, 0) is 61.6 Å². The first-order chi connectivity index (χ1) is 23.7. The summed E-state index contributed by atoms with van der Waals surface area (Å²) in [5.74, 6) is -3.99. The standard InChI is InChI=1S/C33H31N3O13S2/c1-16-12-32(2,3)35-26-19(16)11-20-25(18-6-7-22(34)29(50(42,43)44)27(18)49-28(20)30(26)51(45,46)47)17-5-4-10-33(14-37,13-21(17)31(40)41)15-48-36-23(38)8-9-24(36)39/h4-7,10-11,13-14,16,34-35H,8-9,12,15H2,1-3H3,(H,40,41)(H,42,43,44)(H,45,46,47). The zero-order valence-electron chi connectivity index (χ0n) is 27.2. The molecule has 2 aliphatic carbocycles. The third kappa shape index (κ3) is 6.18. The van der Waals surface area contributed by atoms with Crippen molar-refractivity contribution in [3.63, 3.8) is 0 Å². The van der Waals surface area contributed by atoms with E-state index in [0.717, 1.165) is 12.1 Å². The maximum Gasteiger partial charge on any atom is 0.336 e. The van der Waals surface area contributed by atoms with E-state index in [9.17, 15) is 50.2 Å². The summed E-state index contributed by atoms with van der Waals surface area (Å²) in [6.45, 7) is 4.72. The number of aldehydes is 1. The first-order valence-electron chi connectivity index (χ1n) is 15.4. The second-order valence-corrected chi connectivity index (χ2v) is 16.0. The summed E-state index contributed by atoms with van der Waals surface area (Å²) < 4.78 is 78.6. The number of nitrogens with zero attached hydrogens (tertiary/aromatic N) is 1. The fraction of sp³-hybridized carbons (Fsp3) is 0.303. The van der Waals surface area contributed by atoms with Gasteiger partial charge in [0.25, 0.3) is 32.1 Å². The van der Waals surface area contributed by atoms with Crippen LogP contribution in [-0.2, 0) is 44.3 Å². The van der Waals surface area contributed by atoms with E-state index in [1.807, 2.05) is 6.92 Å². The number of amides is 2. The molecule has 6 rings (SSSR count). The Morgan fingerprint density at radius 3 is 2.35 bits per heavy atom. The van der Waals surface area contributed by atoms with Gasteiger partial charge in [-0.1, -0.05) is 25.2 Å². The van der Waals surface area contributed by atoms with Gasteiger partial charge >= 0.3 is 5.97 Å². The highest BCUT2D eigenvalue weighted by atomic mass is 32.2. The highest BCUT2D eigenvalue weighted by molar-refractivity contribution is 7.86. The second kappa shape index (κ2) is 12.1. The molecule has 0 radical (unpaired) electrons. The van der Waals surface area contributed by atoms with Crippen molar-refractivity contribution in [1.82, 2.24) is 5.06 Å². The molecule has 0 saturated carbocycles. The molecule has 5 aliphatic rings. The molecule has 0 bridgehead atoms. The van der Waals surface area contributed by atoms with Crippen LogP contribution < -0.4 is 10.7 Å². The monoisotopic (exact) mass is 741 g/mol. The van der Waals surface area contributed by atoms with E-state index in [1.165, 1.54) is 30.4 Å². The maximum atomic E-state index is 13.2. The quantitative estimate of drug-likeness (QED) is 0.0959. The van der Waals surface area contributed by atoms with Gasteiger partial charge in [-0.25, -0.2) is 4.79 Å². The number of hydrogen-bond acceptors (Lipinski definition) is 12. The van der Waals surface area contributed by atoms with Crippen molar-refractivity contribution >= 4 is 66.5 Å². The SMILES string of the molecule is CC1CC(C)(C)Nc2c1cc1c(C3=CC=CC(C=O)(CON4C(=O)CCC4=O)C=C3C(=O)O)c3ccc(=N)c(S(=O)(=O)O)c-3oc1c2S(=O)(=O)O. The number of benzene rings is 2. The Morgan fingerprint density at radius 1 is 1.12 bits per heavy atom. The molecule has 0 aromatic heterocycles. The average Bonchev–Trinajstić information content (AvgIpc) is 3.20. The highest BCUT2D eigenvalue weighted by Gasteiger charge is 2.40. The van der Waals surface area contributed by atoms with Crippen LogP contribution in [0.2, 0.25) is 0 Å². The van der Waals surface area contributed by atoms with Crippen LogP contribution in [0.1, 0.15) is 57.1 Å². The van der Waals surface area contributed by atoms with Crippen molar-refractivity contribution in [3.05, 3.63) is 64.6 Å². The molecule has 3 heterocycles. The zero-order valence-corrected chi connectivity index (χ0v) is 28.8. The van der Waals surface area contributed by atoms with Crippen LogP contribution in [0, 0.1) is 10.8 Å². The topological polar surface area (TPSA) is 259 Å². The Bertz CT molecular complexity index is 2430. The number of hydrogen-bond donors (Lipinski definition) is 5. The summed E-state index contributed by atoms with van der Waals surface area (Å²) in [4.78, 5) is 53.5. The first-order valence-corrected chi connectivity index (χ1v) is 18.3. The minimum absolute atomic E-state index is 0.0508. The molecular formula is C33H31N3O13S2.